The van der Waals surface area contributed by atoms with Crippen LogP contribution in [0.5, 0.6) is 0 Å². The standard InChI is InChI=1S/C20H26N4O4/c1-12(2)8-13(10-18(25)24-28)19(26)23-17(20(27)21-3)9-14-11-22-16-7-5-4-6-15(14)16/h4-8,11-12,17,22,28H,9-10H2,1-3H3,(H,21,27)(H,23,26)(H,24,25)/b13-8-/t17-/m0/s1. The number of benzene rings is 1. The van der Waals surface area contributed by atoms with Crippen LogP contribution < -0.4 is 16.1 Å². The fourth-order valence-electron chi connectivity index (χ4n) is 2.98. The molecule has 0 spiro atoms. The molecule has 1 atom stereocenters. The molecule has 2 rings (SSSR count). The van der Waals surface area contributed by atoms with E-state index in [4.69, 9.17) is 5.21 Å². The zero-order chi connectivity index (χ0) is 20.7. The molecule has 0 aliphatic heterocycles. The fourth-order valence-corrected chi connectivity index (χ4v) is 2.98. The van der Waals surface area contributed by atoms with Gasteiger partial charge in [-0.15, -0.1) is 0 Å². The number of amides is 3. The van der Waals surface area contributed by atoms with Crippen molar-refractivity contribution in [3.8, 4) is 0 Å². The maximum absolute atomic E-state index is 12.7. The number of aromatic nitrogens is 1. The van der Waals surface area contributed by atoms with Gasteiger partial charge in [-0.05, 0) is 17.5 Å². The van der Waals surface area contributed by atoms with E-state index in [0.29, 0.717) is 0 Å². The summed E-state index contributed by atoms with van der Waals surface area (Å²) in [6.45, 7) is 3.73. The molecule has 8 nitrogen and oxygen atoms in total. The highest BCUT2D eigenvalue weighted by molar-refractivity contribution is 6.00. The first kappa shape index (κ1) is 21.2. The Balaban J connectivity index is 2.23. The first-order chi connectivity index (χ1) is 13.3. The molecule has 0 unspecified atom stereocenters. The van der Waals surface area contributed by atoms with Crippen molar-refractivity contribution in [2.24, 2.45) is 5.92 Å². The Morgan fingerprint density at radius 2 is 1.93 bits per heavy atom. The van der Waals surface area contributed by atoms with Crippen LogP contribution in [0.4, 0.5) is 0 Å². The van der Waals surface area contributed by atoms with Crippen LogP contribution in [0.15, 0.2) is 42.1 Å². The molecule has 1 aromatic carbocycles. The highest BCUT2D eigenvalue weighted by Gasteiger charge is 2.24. The van der Waals surface area contributed by atoms with Gasteiger partial charge in [-0.25, -0.2) is 5.48 Å². The molecule has 28 heavy (non-hydrogen) atoms. The van der Waals surface area contributed by atoms with Crippen LogP contribution >= 0.6 is 0 Å². The average Bonchev–Trinajstić information content (AvgIpc) is 3.08. The zero-order valence-electron chi connectivity index (χ0n) is 16.2. The van der Waals surface area contributed by atoms with Gasteiger partial charge in [-0.3, -0.25) is 19.6 Å². The van der Waals surface area contributed by atoms with Gasteiger partial charge in [-0.1, -0.05) is 38.1 Å². The van der Waals surface area contributed by atoms with Crippen LogP contribution in [0.25, 0.3) is 10.9 Å². The lowest BCUT2D eigenvalue weighted by Crippen LogP contribution is -2.47. The summed E-state index contributed by atoms with van der Waals surface area (Å²) < 4.78 is 0. The molecule has 5 N–H and O–H groups in total. The lowest BCUT2D eigenvalue weighted by Gasteiger charge is -2.18. The van der Waals surface area contributed by atoms with E-state index in [9.17, 15) is 14.4 Å². The van der Waals surface area contributed by atoms with E-state index in [0.717, 1.165) is 16.5 Å². The van der Waals surface area contributed by atoms with Crippen molar-refractivity contribution in [2.45, 2.75) is 32.7 Å². The van der Waals surface area contributed by atoms with Crippen LogP contribution in [0.3, 0.4) is 0 Å². The number of hydrogen-bond donors (Lipinski definition) is 5. The maximum Gasteiger partial charge on any atom is 0.248 e. The second-order valence-corrected chi connectivity index (χ2v) is 6.85. The summed E-state index contributed by atoms with van der Waals surface area (Å²) in [7, 11) is 1.50. The van der Waals surface area contributed by atoms with Crippen LogP contribution in [0, 0.1) is 5.92 Å². The Morgan fingerprint density at radius 1 is 1.21 bits per heavy atom. The largest absolute Gasteiger partial charge is 0.361 e. The molecule has 0 radical (unpaired) electrons. The van der Waals surface area contributed by atoms with Gasteiger partial charge in [0.2, 0.25) is 17.7 Å². The molecule has 2 aromatic rings. The van der Waals surface area contributed by atoms with Gasteiger partial charge in [0.15, 0.2) is 0 Å². The Hall–Kier alpha value is -3.13. The van der Waals surface area contributed by atoms with E-state index in [2.05, 4.69) is 15.6 Å². The molecule has 0 fully saturated rings. The topological polar surface area (TPSA) is 123 Å². The monoisotopic (exact) mass is 386 g/mol. The number of fused-ring (bicyclic) bond motifs is 1. The van der Waals surface area contributed by atoms with Crippen molar-refractivity contribution in [3.63, 3.8) is 0 Å². The summed E-state index contributed by atoms with van der Waals surface area (Å²) in [6.07, 6.45) is 3.46. The normalized spacial score (nSPS) is 12.7. The Morgan fingerprint density at radius 3 is 2.57 bits per heavy atom. The zero-order valence-corrected chi connectivity index (χ0v) is 16.2. The quantitative estimate of drug-likeness (QED) is 0.267. The molecule has 3 amide bonds. The first-order valence-electron chi connectivity index (χ1n) is 9.06. The number of hydroxylamine groups is 1. The highest BCUT2D eigenvalue weighted by atomic mass is 16.5. The van der Waals surface area contributed by atoms with E-state index < -0.39 is 17.9 Å². The van der Waals surface area contributed by atoms with E-state index in [1.807, 2.05) is 44.3 Å². The van der Waals surface area contributed by atoms with Gasteiger partial charge < -0.3 is 15.6 Å². The summed E-state index contributed by atoms with van der Waals surface area (Å²) in [5, 5.41) is 15.0. The molecular weight excluding hydrogens is 360 g/mol. The van der Waals surface area contributed by atoms with Crippen LogP contribution in [0.1, 0.15) is 25.8 Å². The predicted molar refractivity (Wildman–Crippen MR) is 105 cm³/mol. The van der Waals surface area contributed by atoms with Crippen molar-refractivity contribution in [2.75, 3.05) is 7.05 Å². The maximum atomic E-state index is 12.7. The molecule has 0 bridgehead atoms. The average molecular weight is 386 g/mol. The number of rotatable bonds is 8. The Kier molecular flexibility index (Phi) is 7.34. The minimum absolute atomic E-state index is 0.0133. The molecule has 1 aromatic heterocycles. The van der Waals surface area contributed by atoms with Crippen molar-refractivity contribution in [1.29, 1.82) is 0 Å². The summed E-state index contributed by atoms with van der Waals surface area (Å²) in [6, 6.07) is 6.88. The molecule has 0 saturated carbocycles. The van der Waals surface area contributed by atoms with Crippen molar-refractivity contribution < 1.29 is 19.6 Å². The van der Waals surface area contributed by atoms with Gasteiger partial charge >= 0.3 is 0 Å². The SMILES string of the molecule is CNC(=O)[C@H](Cc1c[nH]c2ccccc12)NC(=O)/C(=C\C(C)C)CC(=O)NO. The van der Waals surface area contributed by atoms with E-state index in [-0.39, 0.29) is 30.2 Å². The number of likely N-dealkylation sites (N-methyl/N-ethyl adjacent to an activating group) is 1. The van der Waals surface area contributed by atoms with Crippen molar-refractivity contribution in [3.05, 3.63) is 47.7 Å². The van der Waals surface area contributed by atoms with Crippen LogP contribution in [-0.2, 0) is 20.8 Å². The van der Waals surface area contributed by atoms with E-state index in [1.54, 1.807) is 6.08 Å². The number of aromatic amines is 1. The number of para-hydroxylation sites is 1. The van der Waals surface area contributed by atoms with Gasteiger partial charge in [0.1, 0.15) is 6.04 Å². The van der Waals surface area contributed by atoms with Gasteiger partial charge in [-0.2, -0.15) is 0 Å². The number of H-pyrrole nitrogens is 1. The van der Waals surface area contributed by atoms with Gasteiger partial charge in [0.05, 0.1) is 6.42 Å². The number of nitrogens with one attached hydrogen (secondary N) is 4. The highest BCUT2D eigenvalue weighted by Crippen LogP contribution is 2.19. The molecule has 1 heterocycles. The van der Waals surface area contributed by atoms with Crippen molar-refractivity contribution in [1.82, 2.24) is 21.1 Å². The number of hydrogen-bond acceptors (Lipinski definition) is 4. The molecule has 150 valence electrons. The summed E-state index contributed by atoms with van der Waals surface area (Å²) in [5.41, 5.74) is 3.55. The van der Waals surface area contributed by atoms with E-state index >= 15 is 0 Å². The molecule has 0 aliphatic carbocycles. The predicted octanol–water partition coefficient (Wildman–Crippen LogP) is 1.42. The molecular formula is C20H26N4O4. The number of allylic oxidation sites excluding steroid dienone is 1. The lowest BCUT2D eigenvalue weighted by atomic mass is 10.0. The lowest BCUT2D eigenvalue weighted by molar-refractivity contribution is -0.130. The van der Waals surface area contributed by atoms with Gasteiger partial charge in [0, 0.05) is 36.1 Å². The van der Waals surface area contributed by atoms with Gasteiger partial charge in [0.25, 0.3) is 0 Å². The van der Waals surface area contributed by atoms with Crippen LogP contribution in [-0.4, -0.2) is 41.0 Å². The Labute approximate surface area is 163 Å². The second kappa shape index (κ2) is 9.70. The molecule has 0 saturated heterocycles. The second-order valence-electron chi connectivity index (χ2n) is 6.85. The number of carbonyl (C=O) groups is 3. The van der Waals surface area contributed by atoms with Crippen LogP contribution in [0.2, 0.25) is 0 Å². The third-order valence-electron chi connectivity index (χ3n) is 4.27. The summed E-state index contributed by atoms with van der Waals surface area (Å²) in [4.78, 5) is 39.8. The minimum atomic E-state index is -0.815. The third kappa shape index (κ3) is 5.43. The van der Waals surface area contributed by atoms with E-state index in [1.165, 1.54) is 12.5 Å². The minimum Gasteiger partial charge on any atom is -0.361 e. The third-order valence-corrected chi connectivity index (χ3v) is 4.27. The molecule has 0 aliphatic rings. The van der Waals surface area contributed by atoms with Crippen molar-refractivity contribution >= 4 is 28.6 Å². The smallest absolute Gasteiger partial charge is 0.248 e. The first-order valence-corrected chi connectivity index (χ1v) is 9.06. The number of carbonyl (C=O) groups excluding carboxylic acids is 3. The fraction of sp³-hybridized carbons (Fsp3) is 0.350. The summed E-state index contributed by atoms with van der Waals surface area (Å²) in [5.74, 6) is -1.55. The Bertz CT molecular complexity index is 885. The molecule has 8 heteroatoms. The summed E-state index contributed by atoms with van der Waals surface area (Å²) >= 11 is 0.